The number of likely N-dealkylation sites (tertiary alicyclic amines) is 1. The molecule has 0 aromatic heterocycles. The van der Waals surface area contributed by atoms with Crippen molar-refractivity contribution < 1.29 is 5.11 Å². The molecule has 2 N–H and O–H groups in total. The zero-order valence-electron chi connectivity index (χ0n) is 14.0. The molecular formula is C17H34N2O. The van der Waals surface area contributed by atoms with Gasteiger partial charge in [0.15, 0.2) is 0 Å². The molecule has 1 unspecified atom stereocenters. The van der Waals surface area contributed by atoms with Crippen LogP contribution in [0.3, 0.4) is 0 Å². The van der Waals surface area contributed by atoms with Crippen LogP contribution in [0.5, 0.6) is 0 Å². The minimum absolute atomic E-state index is 0.197. The molecule has 0 spiro atoms. The third-order valence-corrected chi connectivity index (χ3v) is 4.97. The monoisotopic (exact) mass is 282 g/mol. The van der Waals surface area contributed by atoms with Gasteiger partial charge in [-0.2, -0.15) is 0 Å². The fourth-order valence-electron chi connectivity index (χ4n) is 3.90. The van der Waals surface area contributed by atoms with E-state index in [4.69, 9.17) is 0 Å². The summed E-state index contributed by atoms with van der Waals surface area (Å²) in [4.78, 5) is 2.51. The van der Waals surface area contributed by atoms with Crippen molar-refractivity contribution in [1.82, 2.24) is 10.2 Å². The molecule has 20 heavy (non-hydrogen) atoms. The SMILES string of the molecule is CC1(O)CCCN(CC2(CNC(C)(C)C)CCCC2)C1. The Morgan fingerprint density at radius 3 is 2.30 bits per heavy atom. The first-order valence-electron chi connectivity index (χ1n) is 8.40. The second kappa shape index (κ2) is 5.94. The Balaban J connectivity index is 1.95. The molecule has 1 aliphatic carbocycles. The molecule has 2 fully saturated rings. The Bertz CT molecular complexity index is 313. The minimum Gasteiger partial charge on any atom is -0.389 e. The second-order valence-corrected chi connectivity index (χ2v) is 8.62. The summed E-state index contributed by atoms with van der Waals surface area (Å²) in [7, 11) is 0. The van der Waals surface area contributed by atoms with Crippen molar-refractivity contribution in [1.29, 1.82) is 0 Å². The maximum absolute atomic E-state index is 10.3. The number of nitrogens with zero attached hydrogens (tertiary/aromatic N) is 1. The Labute approximate surface area is 125 Å². The molecule has 0 aromatic rings. The molecule has 2 rings (SSSR count). The zero-order valence-corrected chi connectivity index (χ0v) is 14.0. The van der Waals surface area contributed by atoms with Crippen molar-refractivity contribution in [3.8, 4) is 0 Å². The molecule has 0 aromatic carbocycles. The lowest BCUT2D eigenvalue weighted by molar-refractivity contribution is -0.0285. The first kappa shape index (κ1) is 16.3. The van der Waals surface area contributed by atoms with E-state index in [9.17, 15) is 5.11 Å². The van der Waals surface area contributed by atoms with Crippen molar-refractivity contribution in [3.63, 3.8) is 0 Å². The summed E-state index contributed by atoms with van der Waals surface area (Å²) < 4.78 is 0. The molecule has 3 heteroatoms. The van der Waals surface area contributed by atoms with Crippen molar-refractivity contribution in [2.45, 2.75) is 77.4 Å². The van der Waals surface area contributed by atoms with Crippen molar-refractivity contribution in [2.75, 3.05) is 26.2 Å². The third-order valence-electron chi connectivity index (χ3n) is 4.97. The molecule has 1 aliphatic heterocycles. The molecule has 1 heterocycles. The van der Waals surface area contributed by atoms with E-state index >= 15 is 0 Å². The number of aliphatic hydroxyl groups is 1. The van der Waals surface area contributed by atoms with Crippen molar-refractivity contribution in [3.05, 3.63) is 0 Å². The number of nitrogens with one attached hydrogen (secondary N) is 1. The van der Waals surface area contributed by atoms with Gasteiger partial charge in [0.1, 0.15) is 0 Å². The fourth-order valence-corrected chi connectivity index (χ4v) is 3.90. The van der Waals surface area contributed by atoms with Gasteiger partial charge in [0, 0.05) is 25.2 Å². The number of hydrogen-bond acceptors (Lipinski definition) is 3. The van der Waals surface area contributed by atoms with E-state index in [1.807, 2.05) is 6.92 Å². The highest BCUT2D eigenvalue weighted by molar-refractivity contribution is 4.93. The number of rotatable bonds is 4. The maximum atomic E-state index is 10.3. The predicted molar refractivity (Wildman–Crippen MR) is 85.0 cm³/mol. The Hall–Kier alpha value is -0.120. The van der Waals surface area contributed by atoms with E-state index < -0.39 is 5.60 Å². The van der Waals surface area contributed by atoms with Crippen LogP contribution in [0, 0.1) is 5.41 Å². The Kier molecular flexibility index (Phi) is 4.83. The summed E-state index contributed by atoms with van der Waals surface area (Å²) in [6, 6.07) is 0. The smallest absolute Gasteiger partial charge is 0.0746 e. The average Bonchev–Trinajstić information content (AvgIpc) is 2.73. The lowest BCUT2D eigenvalue weighted by Crippen LogP contribution is -2.52. The molecular weight excluding hydrogens is 248 g/mol. The standard InChI is InChI=1S/C17H34N2O/c1-15(2,3)18-12-17(9-5-6-10-17)14-19-11-7-8-16(4,20)13-19/h18,20H,5-14H2,1-4H3. The third kappa shape index (κ3) is 4.71. The lowest BCUT2D eigenvalue weighted by Gasteiger charge is -2.43. The van der Waals surface area contributed by atoms with E-state index in [0.717, 1.165) is 39.0 Å². The lowest BCUT2D eigenvalue weighted by atomic mass is 9.83. The highest BCUT2D eigenvalue weighted by Crippen LogP contribution is 2.39. The van der Waals surface area contributed by atoms with E-state index in [1.54, 1.807) is 0 Å². The molecule has 1 saturated carbocycles. The summed E-state index contributed by atoms with van der Waals surface area (Å²) in [5, 5.41) is 14.0. The Morgan fingerprint density at radius 1 is 1.10 bits per heavy atom. The van der Waals surface area contributed by atoms with Gasteiger partial charge in [-0.05, 0) is 65.3 Å². The van der Waals surface area contributed by atoms with Gasteiger partial charge in [-0.25, -0.2) is 0 Å². The van der Waals surface area contributed by atoms with Crippen molar-refractivity contribution >= 4 is 0 Å². The predicted octanol–water partition coefficient (Wildman–Crippen LogP) is 2.78. The topological polar surface area (TPSA) is 35.5 Å². The summed E-state index contributed by atoms with van der Waals surface area (Å²) in [6.45, 7) is 13.0. The van der Waals surface area contributed by atoms with Crippen LogP contribution in [0.1, 0.15) is 66.2 Å². The number of β-amino-alcohol motifs (C(OH)–C–C–N with tert-alkyl or cyclic N) is 1. The normalized spacial score (nSPS) is 31.6. The summed E-state index contributed by atoms with van der Waals surface area (Å²) in [5.41, 5.74) is 0.152. The molecule has 3 nitrogen and oxygen atoms in total. The van der Waals surface area contributed by atoms with Crippen LogP contribution in [0.25, 0.3) is 0 Å². The van der Waals surface area contributed by atoms with Gasteiger partial charge in [-0.15, -0.1) is 0 Å². The van der Waals surface area contributed by atoms with Gasteiger partial charge in [-0.3, -0.25) is 4.90 Å². The highest BCUT2D eigenvalue weighted by atomic mass is 16.3. The largest absolute Gasteiger partial charge is 0.389 e. The van der Waals surface area contributed by atoms with E-state index in [0.29, 0.717) is 5.41 Å². The minimum atomic E-state index is -0.477. The van der Waals surface area contributed by atoms with Crippen LogP contribution < -0.4 is 5.32 Å². The van der Waals surface area contributed by atoms with Crippen molar-refractivity contribution in [2.24, 2.45) is 5.41 Å². The average molecular weight is 282 g/mol. The van der Waals surface area contributed by atoms with Gasteiger partial charge in [0.2, 0.25) is 0 Å². The van der Waals surface area contributed by atoms with Crippen LogP contribution in [-0.4, -0.2) is 47.3 Å². The summed E-state index contributed by atoms with van der Waals surface area (Å²) in [6.07, 6.45) is 7.52. The zero-order chi connectivity index (χ0) is 14.9. The van der Waals surface area contributed by atoms with Gasteiger partial charge >= 0.3 is 0 Å². The first-order valence-corrected chi connectivity index (χ1v) is 8.40. The van der Waals surface area contributed by atoms with Crippen LogP contribution >= 0.6 is 0 Å². The molecule has 118 valence electrons. The fraction of sp³-hybridized carbons (Fsp3) is 1.00. The van der Waals surface area contributed by atoms with Crippen LogP contribution in [0.4, 0.5) is 0 Å². The summed E-state index contributed by atoms with van der Waals surface area (Å²) >= 11 is 0. The highest BCUT2D eigenvalue weighted by Gasteiger charge is 2.38. The molecule has 0 amide bonds. The van der Waals surface area contributed by atoms with Gasteiger partial charge < -0.3 is 10.4 Å². The van der Waals surface area contributed by atoms with Gasteiger partial charge in [0.25, 0.3) is 0 Å². The molecule has 1 atom stereocenters. The molecule has 1 saturated heterocycles. The first-order chi connectivity index (χ1) is 9.20. The summed E-state index contributed by atoms with van der Waals surface area (Å²) in [5.74, 6) is 0. The van der Waals surface area contributed by atoms with Gasteiger partial charge in [-0.1, -0.05) is 12.8 Å². The second-order valence-electron chi connectivity index (χ2n) is 8.62. The molecule has 0 bridgehead atoms. The number of hydrogen-bond donors (Lipinski definition) is 2. The number of piperidine rings is 1. The molecule has 0 radical (unpaired) electrons. The van der Waals surface area contributed by atoms with Gasteiger partial charge in [0.05, 0.1) is 5.60 Å². The van der Waals surface area contributed by atoms with Crippen LogP contribution in [0.15, 0.2) is 0 Å². The molecule has 2 aliphatic rings. The van der Waals surface area contributed by atoms with Crippen LogP contribution in [-0.2, 0) is 0 Å². The van der Waals surface area contributed by atoms with Crippen LogP contribution in [0.2, 0.25) is 0 Å². The maximum Gasteiger partial charge on any atom is 0.0746 e. The van der Waals surface area contributed by atoms with E-state index in [2.05, 4.69) is 31.0 Å². The quantitative estimate of drug-likeness (QED) is 0.832. The van der Waals surface area contributed by atoms with E-state index in [1.165, 1.54) is 25.7 Å². The van der Waals surface area contributed by atoms with E-state index in [-0.39, 0.29) is 5.54 Å². The Morgan fingerprint density at radius 2 is 1.75 bits per heavy atom.